The molecular weight excluding hydrogens is 244 g/mol. The summed E-state index contributed by atoms with van der Waals surface area (Å²) in [6.07, 6.45) is 3.72. The molecule has 1 fully saturated rings. The largest absolute Gasteiger partial charge is 0.397 e. The average Bonchev–Trinajstić information content (AvgIpc) is 3.17. The van der Waals surface area contributed by atoms with Crippen molar-refractivity contribution in [3.05, 3.63) is 18.0 Å². The molecule has 1 saturated carbocycles. The lowest BCUT2D eigenvalue weighted by atomic mass is 10.3. The Labute approximate surface area is 112 Å². The second kappa shape index (κ2) is 5.77. The van der Waals surface area contributed by atoms with Crippen molar-refractivity contribution in [3.8, 4) is 0 Å². The summed E-state index contributed by atoms with van der Waals surface area (Å²) >= 11 is 0. The average molecular weight is 264 g/mol. The lowest BCUT2D eigenvalue weighted by Gasteiger charge is -2.08. The highest BCUT2D eigenvalue weighted by atomic mass is 16.2. The number of carbonyl (C=O) groups excluding carboxylic acids is 2. The van der Waals surface area contributed by atoms with Crippen LogP contribution < -0.4 is 16.4 Å². The molecule has 6 heteroatoms. The summed E-state index contributed by atoms with van der Waals surface area (Å²) in [5, 5.41) is 5.57. The van der Waals surface area contributed by atoms with Gasteiger partial charge in [0, 0.05) is 31.7 Å². The minimum atomic E-state index is -0.167. The molecule has 0 radical (unpaired) electrons. The van der Waals surface area contributed by atoms with Crippen molar-refractivity contribution in [2.24, 2.45) is 5.92 Å². The number of hydrogen-bond acceptors (Lipinski definition) is 3. The zero-order chi connectivity index (χ0) is 13.8. The van der Waals surface area contributed by atoms with E-state index in [-0.39, 0.29) is 17.7 Å². The van der Waals surface area contributed by atoms with Gasteiger partial charge in [0.2, 0.25) is 5.91 Å². The van der Waals surface area contributed by atoms with Gasteiger partial charge in [-0.15, -0.1) is 0 Å². The molecule has 1 heterocycles. The Morgan fingerprint density at radius 3 is 2.68 bits per heavy atom. The second-order valence-electron chi connectivity index (χ2n) is 4.77. The molecule has 0 saturated heterocycles. The zero-order valence-corrected chi connectivity index (χ0v) is 11.1. The van der Waals surface area contributed by atoms with Crippen LogP contribution in [0.2, 0.25) is 0 Å². The monoisotopic (exact) mass is 264 g/mol. The molecule has 1 aliphatic rings. The Balaban J connectivity index is 1.75. The molecule has 2 amide bonds. The Morgan fingerprint density at radius 1 is 1.37 bits per heavy atom. The standard InChI is InChI=1S/C13H20N4O2/c1-2-17-8-10(14)7-11(17)13(19)16-6-5-15-12(18)9-3-4-9/h7-9H,2-6,14H2,1H3,(H,15,18)(H,16,19). The molecule has 6 nitrogen and oxygen atoms in total. The van der Waals surface area contributed by atoms with Crippen LogP contribution in [0.4, 0.5) is 5.69 Å². The van der Waals surface area contributed by atoms with Crippen LogP contribution in [0.15, 0.2) is 12.3 Å². The van der Waals surface area contributed by atoms with Crippen LogP contribution in [0, 0.1) is 5.92 Å². The van der Waals surface area contributed by atoms with Crippen LogP contribution >= 0.6 is 0 Å². The molecule has 0 unspecified atom stereocenters. The van der Waals surface area contributed by atoms with E-state index in [0.29, 0.717) is 31.0 Å². The molecule has 1 aromatic heterocycles. The van der Waals surface area contributed by atoms with E-state index < -0.39 is 0 Å². The molecule has 0 aliphatic heterocycles. The van der Waals surface area contributed by atoms with Crippen LogP contribution in [-0.2, 0) is 11.3 Å². The van der Waals surface area contributed by atoms with Gasteiger partial charge < -0.3 is 20.9 Å². The predicted molar refractivity (Wildman–Crippen MR) is 72.6 cm³/mol. The van der Waals surface area contributed by atoms with Crippen molar-refractivity contribution in [2.75, 3.05) is 18.8 Å². The highest BCUT2D eigenvalue weighted by Gasteiger charge is 2.29. The summed E-state index contributed by atoms with van der Waals surface area (Å²) in [6, 6.07) is 1.65. The molecule has 1 aromatic rings. The van der Waals surface area contributed by atoms with Crippen LogP contribution in [0.25, 0.3) is 0 Å². The number of aromatic nitrogens is 1. The van der Waals surface area contributed by atoms with Crippen molar-refractivity contribution in [1.82, 2.24) is 15.2 Å². The van der Waals surface area contributed by atoms with E-state index in [1.165, 1.54) is 0 Å². The highest BCUT2D eigenvalue weighted by molar-refractivity contribution is 5.93. The minimum absolute atomic E-state index is 0.0930. The van der Waals surface area contributed by atoms with E-state index in [4.69, 9.17) is 5.73 Å². The summed E-state index contributed by atoms with van der Waals surface area (Å²) < 4.78 is 1.80. The highest BCUT2D eigenvalue weighted by Crippen LogP contribution is 2.28. The van der Waals surface area contributed by atoms with Crippen LogP contribution in [0.5, 0.6) is 0 Å². The lowest BCUT2D eigenvalue weighted by Crippen LogP contribution is -2.35. The summed E-state index contributed by atoms with van der Waals surface area (Å²) in [5.41, 5.74) is 6.80. The maximum Gasteiger partial charge on any atom is 0.268 e. The lowest BCUT2D eigenvalue weighted by molar-refractivity contribution is -0.122. The number of nitrogens with one attached hydrogen (secondary N) is 2. The van der Waals surface area contributed by atoms with E-state index in [0.717, 1.165) is 12.8 Å². The van der Waals surface area contributed by atoms with Gasteiger partial charge in [0.15, 0.2) is 0 Å². The van der Waals surface area contributed by atoms with Gasteiger partial charge >= 0.3 is 0 Å². The second-order valence-corrected chi connectivity index (χ2v) is 4.77. The number of rotatable bonds is 6. The first-order valence-electron chi connectivity index (χ1n) is 6.63. The van der Waals surface area contributed by atoms with Crippen molar-refractivity contribution < 1.29 is 9.59 Å². The molecular formula is C13H20N4O2. The number of nitrogens with zero attached hydrogens (tertiary/aromatic N) is 1. The Morgan fingerprint density at radius 2 is 2.05 bits per heavy atom. The van der Waals surface area contributed by atoms with E-state index in [1.54, 1.807) is 16.8 Å². The molecule has 1 aliphatic carbocycles. The summed E-state index contributed by atoms with van der Waals surface area (Å²) in [5.74, 6) is 0.127. The molecule has 4 N–H and O–H groups in total. The third kappa shape index (κ3) is 3.49. The van der Waals surface area contributed by atoms with E-state index in [9.17, 15) is 9.59 Å². The van der Waals surface area contributed by atoms with Crippen LogP contribution in [-0.4, -0.2) is 29.5 Å². The van der Waals surface area contributed by atoms with Crippen LogP contribution in [0.3, 0.4) is 0 Å². The Kier molecular flexibility index (Phi) is 4.09. The predicted octanol–water partition coefficient (Wildman–Crippen LogP) is 0.346. The first-order chi connectivity index (χ1) is 9.11. The van der Waals surface area contributed by atoms with Crippen molar-refractivity contribution in [3.63, 3.8) is 0 Å². The van der Waals surface area contributed by atoms with Crippen LogP contribution in [0.1, 0.15) is 30.3 Å². The Hall–Kier alpha value is -1.98. The first-order valence-corrected chi connectivity index (χ1v) is 6.63. The normalized spacial score (nSPS) is 14.2. The third-order valence-electron chi connectivity index (χ3n) is 3.15. The first kappa shape index (κ1) is 13.5. The van der Waals surface area contributed by atoms with Gasteiger partial charge in [0.05, 0.1) is 5.69 Å². The van der Waals surface area contributed by atoms with Gasteiger partial charge in [-0.05, 0) is 25.8 Å². The number of nitrogen functional groups attached to an aromatic ring is 1. The van der Waals surface area contributed by atoms with Crippen molar-refractivity contribution >= 4 is 17.5 Å². The SMILES string of the molecule is CCn1cc(N)cc1C(=O)NCCNC(=O)C1CC1. The van der Waals surface area contributed by atoms with Crippen molar-refractivity contribution in [1.29, 1.82) is 0 Å². The number of nitrogens with two attached hydrogens (primary N) is 1. The third-order valence-corrected chi connectivity index (χ3v) is 3.15. The molecule has 2 rings (SSSR count). The van der Waals surface area contributed by atoms with E-state index in [2.05, 4.69) is 10.6 Å². The molecule has 0 atom stereocenters. The molecule has 19 heavy (non-hydrogen) atoms. The zero-order valence-electron chi connectivity index (χ0n) is 11.1. The maximum absolute atomic E-state index is 11.9. The fourth-order valence-electron chi connectivity index (χ4n) is 1.93. The van der Waals surface area contributed by atoms with Gasteiger partial charge in [-0.2, -0.15) is 0 Å². The minimum Gasteiger partial charge on any atom is -0.397 e. The fraction of sp³-hybridized carbons (Fsp3) is 0.538. The van der Waals surface area contributed by atoms with E-state index in [1.807, 2.05) is 6.92 Å². The number of amides is 2. The smallest absolute Gasteiger partial charge is 0.268 e. The Bertz CT molecular complexity index is 477. The number of aryl methyl sites for hydroxylation is 1. The molecule has 0 spiro atoms. The molecule has 104 valence electrons. The van der Waals surface area contributed by atoms with Crippen molar-refractivity contribution in [2.45, 2.75) is 26.3 Å². The van der Waals surface area contributed by atoms with Gasteiger partial charge in [-0.25, -0.2) is 0 Å². The fourth-order valence-corrected chi connectivity index (χ4v) is 1.93. The van der Waals surface area contributed by atoms with Gasteiger partial charge in [0.25, 0.3) is 5.91 Å². The molecule has 0 aromatic carbocycles. The van der Waals surface area contributed by atoms with Gasteiger partial charge in [0.1, 0.15) is 5.69 Å². The van der Waals surface area contributed by atoms with Gasteiger partial charge in [-0.3, -0.25) is 9.59 Å². The summed E-state index contributed by atoms with van der Waals surface area (Å²) in [4.78, 5) is 23.3. The van der Waals surface area contributed by atoms with Gasteiger partial charge in [-0.1, -0.05) is 0 Å². The topological polar surface area (TPSA) is 89.2 Å². The summed E-state index contributed by atoms with van der Waals surface area (Å²) in [6.45, 7) is 3.53. The number of anilines is 1. The maximum atomic E-state index is 11.9. The quantitative estimate of drug-likeness (QED) is 0.647. The number of carbonyl (C=O) groups is 2. The molecule has 0 bridgehead atoms. The summed E-state index contributed by atoms with van der Waals surface area (Å²) in [7, 11) is 0. The van der Waals surface area contributed by atoms with E-state index >= 15 is 0 Å². The number of hydrogen-bond donors (Lipinski definition) is 3.